The van der Waals surface area contributed by atoms with Gasteiger partial charge in [0.1, 0.15) is 0 Å². The Hall–Kier alpha value is -0.610. The van der Waals surface area contributed by atoms with Gasteiger partial charge >= 0.3 is 0 Å². The van der Waals surface area contributed by atoms with E-state index in [1.165, 1.54) is 13.0 Å². The summed E-state index contributed by atoms with van der Waals surface area (Å²) in [6.07, 6.45) is 4.49. The van der Waals surface area contributed by atoms with Crippen molar-refractivity contribution in [3.63, 3.8) is 0 Å². The minimum atomic E-state index is 0.179. The first-order valence-electron chi connectivity index (χ1n) is 7.45. The molecule has 0 aromatic carbocycles. The van der Waals surface area contributed by atoms with Gasteiger partial charge in [-0.3, -0.25) is 4.79 Å². The Kier molecular flexibility index (Phi) is 5.01. The monoisotopic (exact) mass is 253 g/mol. The molecule has 0 bridgehead atoms. The number of nitrogens with zero attached hydrogens (tertiary/aromatic N) is 1. The van der Waals surface area contributed by atoms with Gasteiger partial charge in [-0.2, -0.15) is 0 Å². The van der Waals surface area contributed by atoms with Crippen LogP contribution in [0.1, 0.15) is 39.5 Å². The van der Waals surface area contributed by atoms with Crippen molar-refractivity contribution >= 4 is 5.91 Å². The Morgan fingerprint density at radius 1 is 1.39 bits per heavy atom. The maximum atomic E-state index is 12.2. The van der Waals surface area contributed by atoms with Crippen LogP contribution in [0.5, 0.6) is 0 Å². The number of carbonyl (C=O) groups is 1. The van der Waals surface area contributed by atoms with Crippen LogP contribution in [0.4, 0.5) is 0 Å². The van der Waals surface area contributed by atoms with Crippen molar-refractivity contribution in [1.29, 1.82) is 0 Å². The van der Waals surface area contributed by atoms with Gasteiger partial charge in [-0.1, -0.05) is 6.92 Å². The highest BCUT2D eigenvalue weighted by Crippen LogP contribution is 2.16. The van der Waals surface area contributed by atoms with Crippen LogP contribution in [0.3, 0.4) is 0 Å². The third-order valence-corrected chi connectivity index (χ3v) is 4.33. The molecular formula is C14H27N3O. The highest BCUT2D eigenvalue weighted by molar-refractivity contribution is 5.79. The standard InChI is InChI=1S/C14H27N3O/c1-3-17-8-4-5-13(10-17)16-14(18)12-7-6-11(2)15-9-12/h11-13,15H,3-10H2,1-2H3,(H,16,18). The summed E-state index contributed by atoms with van der Waals surface area (Å²) in [6, 6.07) is 0.935. The lowest BCUT2D eigenvalue weighted by Crippen LogP contribution is -2.51. The number of nitrogens with one attached hydrogen (secondary N) is 2. The second-order valence-electron chi connectivity index (χ2n) is 5.82. The average molecular weight is 253 g/mol. The SMILES string of the molecule is CCN1CCCC(NC(=O)C2CCC(C)NC2)C1. The summed E-state index contributed by atoms with van der Waals surface area (Å²) in [6.45, 7) is 8.53. The third kappa shape index (κ3) is 3.69. The van der Waals surface area contributed by atoms with Gasteiger partial charge in [0.15, 0.2) is 0 Å². The van der Waals surface area contributed by atoms with Gasteiger partial charge in [-0.15, -0.1) is 0 Å². The quantitative estimate of drug-likeness (QED) is 0.788. The topological polar surface area (TPSA) is 44.4 Å². The smallest absolute Gasteiger partial charge is 0.224 e. The molecule has 0 aromatic rings. The Bertz CT molecular complexity index is 274. The van der Waals surface area contributed by atoms with E-state index in [0.29, 0.717) is 12.1 Å². The molecule has 2 fully saturated rings. The lowest BCUT2D eigenvalue weighted by Gasteiger charge is -2.34. The van der Waals surface area contributed by atoms with E-state index < -0.39 is 0 Å². The van der Waals surface area contributed by atoms with E-state index in [2.05, 4.69) is 29.4 Å². The second-order valence-corrected chi connectivity index (χ2v) is 5.82. The zero-order valence-corrected chi connectivity index (χ0v) is 11.7. The zero-order valence-electron chi connectivity index (χ0n) is 11.7. The maximum Gasteiger partial charge on any atom is 0.224 e. The number of likely N-dealkylation sites (tertiary alicyclic amines) is 1. The minimum Gasteiger partial charge on any atom is -0.352 e. The minimum absolute atomic E-state index is 0.179. The van der Waals surface area contributed by atoms with E-state index in [0.717, 1.165) is 38.9 Å². The van der Waals surface area contributed by atoms with Gasteiger partial charge in [0, 0.05) is 25.2 Å². The van der Waals surface area contributed by atoms with Gasteiger partial charge in [-0.05, 0) is 45.7 Å². The van der Waals surface area contributed by atoms with Crippen LogP contribution in [-0.2, 0) is 4.79 Å². The van der Waals surface area contributed by atoms with Crippen molar-refractivity contribution in [2.24, 2.45) is 5.92 Å². The van der Waals surface area contributed by atoms with Crippen LogP contribution < -0.4 is 10.6 Å². The Morgan fingerprint density at radius 3 is 2.89 bits per heavy atom. The molecule has 1 amide bonds. The summed E-state index contributed by atoms with van der Waals surface area (Å²) < 4.78 is 0. The van der Waals surface area contributed by atoms with Crippen LogP contribution in [0, 0.1) is 5.92 Å². The van der Waals surface area contributed by atoms with E-state index in [-0.39, 0.29) is 11.8 Å². The van der Waals surface area contributed by atoms with E-state index >= 15 is 0 Å². The highest BCUT2D eigenvalue weighted by atomic mass is 16.2. The second kappa shape index (κ2) is 6.53. The van der Waals surface area contributed by atoms with Crippen LogP contribution in [0.15, 0.2) is 0 Å². The molecule has 2 saturated heterocycles. The largest absolute Gasteiger partial charge is 0.352 e. The molecule has 0 aliphatic carbocycles. The molecule has 18 heavy (non-hydrogen) atoms. The fourth-order valence-corrected chi connectivity index (χ4v) is 3.00. The molecule has 0 spiro atoms. The Morgan fingerprint density at radius 2 is 2.22 bits per heavy atom. The molecule has 0 aromatic heterocycles. The normalized spacial score (nSPS) is 34.2. The summed E-state index contributed by atoms with van der Waals surface area (Å²) in [4.78, 5) is 14.6. The van der Waals surface area contributed by atoms with Crippen molar-refractivity contribution in [1.82, 2.24) is 15.5 Å². The Balaban J connectivity index is 1.76. The van der Waals surface area contributed by atoms with Gasteiger partial charge in [0.2, 0.25) is 5.91 Å². The maximum absolute atomic E-state index is 12.2. The molecule has 2 N–H and O–H groups in total. The molecule has 0 saturated carbocycles. The van der Waals surface area contributed by atoms with E-state index in [1.807, 2.05) is 0 Å². The fourth-order valence-electron chi connectivity index (χ4n) is 3.00. The molecule has 0 radical (unpaired) electrons. The number of hydrogen-bond acceptors (Lipinski definition) is 3. The first kappa shape index (κ1) is 13.8. The van der Waals surface area contributed by atoms with Crippen molar-refractivity contribution in [3.8, 4) is 0 Å². The number of rotatable bonds is 3. The van der Waals surface area contributed by atoms with E-state index in [9.17, 15) is 4.79 Å². The van der Waals surface area contributed by atoms with Crippen LogP contribution in [-0.4, -0.2) is 49.1 Å². The molecule has 2 rings (SSSR count). The molecule has 4 heteroatoms. The highest BCUT2D eigenvalue weighted by Gasteiger charge is 2.27. The van der Waals surface area contributed by atoms with Crippen molar-refractivity contribution in [3.05, 3.63) is 0 Å². The third-order valence-electron chi connectivity index (χ3n) is 4.33. The Labute approximate surface area is 110 Å². The first-order valence-corrected chi connectivity index (χ1v) is 7.45. The van der Waals surface area contributed by atoms with Crippen LogP contribution >= 0.6 is 0 Å². The molecule has 2 heterocycles. The predicted molar refractivity (Wildman–Crippen MR) is 73.5 cm³/mol. The van der Waals surface area contributed by atoms with Gasteiger partial charge in [0.05, 0.1) is 5.92 Å². The summed E-state index contributed by atoms with van der Waals surface area (Å²) in [5.41, 5.74) is 0. The van der Waals surface area contributed by atoms with Gasteiger partial charge < -0.3 is 15.5 Å². The summed E-state index contributed by atoms with van der Waals surface area (Å²) in [5.74, 6) is 0.440. The molecule has 2 aliphatic rings. The molecule has 3 unspecified atom stereocenters. The average Bonchev–Trinajstić information content (AvgIpc) is 2.39. The number of hydrogen-bond donors (Lipinski definition) is 2. The number of amides is 1. The van der Waals surface area contributed by atoms with E-state index in [1.54, 1.807) is 0 Å². The summed E-state index contributed by atoms with van der Waals surface area (Å²) in [7, 11) is 0. The lowest BCUT2D eigenvalue weighted by molar-refractivity contribution is -0.126. The van der Waals surface area contributed by atoms with Crippen molar-refractivity contribution in [2.45, 2.75) is 51.6 Å². The fraction of sp³-hybridized carbons (Fsp3) is 0.929. The predicted octanol–water partition coefficient (Wildman–Crippen LogP) is 0.975. The van der Waals surface area contributed by atoms with Crippen LogP contribution in [0.2, 0.25) is 0 Å². The lowest BCUT2D eigenvalue weighted by atomic mass is 9.94. The summed E-state index contributed by atoms with van der Waals surface area (Å²) in [5, 5.41) is 6.65. The van der Waals surface area contributed by atoms with Crippen molar-refractivity contribution in [2.75, 3.05) is 26.2 Å². The number of carbonyl (C=O) groups excluding carboxylic acids is 1. The molecule has 2 aliphatic heterocycles. The molecule has 4 nitrogen and oxygen atoms in total. The summed E-state index contributed by atoms with van der Waals surface area (Å²) >= 11 is 0. The van der Waals surface area contributed by atoms with Crippen LogP contribution in [0.25, 0.3) is 0 Å². The molecule has 3 atom stereocenters. The zero-order chi connectivity index (χ0) is 13.0. The first-order chi connectivity index (χ1) is 8.69. The number of likely N-dealkylation sites (N-methyl/N-ethyl adjacent to an activating group) is 1. The van der Waals surface area contributed by atoms with E-state index in [4.69, 9.17) is 0 Å². The van der Waals surface area contributed by atoms with Gasteiger partial charge in [0.25, 0.3) is 0 Å². The molecule has 104 valence electrons. The van der Waals surface area contributed by atoms with Crippen molar-refractivity contribution < 1.29 is 4.79 Å². The molecular weight excluding hydrogens is 226 g/mol. The number of piperidine rings is 2. The van der Waals surface area contributed by atoms with Gasteiger partial charge in [-0.25, -0.2) is 0 Å².